The molecule has 1 N–H and O–H groups in total. The van der Waals surface area contributed by atoms with Gasteiger partial charge in [-0.15, -0.1) is 0 Å². The maximum atomic E-state index is 12.5. The second kappa shape index (κ2) is 10.8. The monoisotopic (exact) mass is 402 g/mol. The highest BCUT2D eigenvalue weighted by Crippen LogP contribution is 2.22. The molecule has 0 fully saturated rings. The van der Waals surface area contributed by atoms with E-state index in [1.165, 1.54) is 0 Å². The first-order valence-corrected chi connectivity index (χ1v) is 9.92. The lowest BCUT2D eigenvalue weighted by molar-refractivity contribution is -0.117. The normalized spacial score (nSPS) is 11.7. The molecule has 1 amide bonds. The van der Waals surface area contributed by atoms with Gasteiger partial charge >= 0.3 is 0 Å². The summed E-state index contributed by atoms with van der Waals surface area (Å²) in [5.41, 5.74) is 2.11. The van der Waals surface area contributed by atoms with Crippen LogP contribution in [0.5, 0.6) is 5.75 Å². The molecular formula is C22H27ClN2O3. The molecule has 0 bridgehead atoms. The summed E-state index contributed by atoms with van der Waals surface area (Å²) in [5.74, 6) is 0.516. The third-order valence-corrected chi connectivity index (χ3v) is 4.63. The van der Waals surface area contributed by atoms with E-state index >= 15 is 0 Å². The van der Waals surface area contributed by atoms with Gasteiger partial charge in [0.25, 0.3) is 5.91 Å². The van der Waals surface area contributed by atoms with Crippen LogP contribution in [0.25, 0.3) is 0 Å². The molecule has 2 rings (SSSR count). The number of carbonyl (C=O) groups is 2. The van der Waals surface area contributed by atoms with Gasteiger partial charge in [-0.1, -0.05) is 37.1 Å². The molecule has 1 atom stereocenters. The molecule has 150 valence electrons. The van der Waals surface area contributed by atoms with Crippen molar-refractivity contribution < 1.29 is 14.3 Å². The summed E-state index contributed by atoms with van der Waals surface area (Å²) in [6, 6.07) is 8.97. The van der Waals surface area contributed by atoms with E-state index in [4.69, 9.17) is 16.3 Å². The van der Waals surface area contributed by atoms with Crippen molar-refractivity contribution >= 4 is 23.3 Å². The van der Waals surface area contributed by atoms with Crippen LogP contribution in [0.2, 0.25) is 5.02 Å². The van der Waals surface area contributed by atoms with E-state index in [0.29, 0.717) is 35.9 Å². The van der Waals surface area contributed by atoms with Gasteiger partial charge in [0.1, 0.15) is 17.2 Å². The largest absolute Gasteiger partial charge is 0.490 e. The topological polar surface area (TPSA) is 68.3 Å². The summed E-state index contributed by atoms with van der Waals surface area (Å²) in [6.07, 6.45) is 4.56. The van der Waals surface area contributed by atoms with Gasteiger partial charge in [-0.3, -0.25) is 9.78 Å². The fourth-order valence-electron chi connectivity index (χ4n) is 2.76. The lowest BCUT2D eigenvalue weighted by atomic mass is 10.1. The standard InChI is InChI=1S/C22H27ClN2O3/c1-4-5-19(11-6-16(3)26)28-21-12-20(24-13-15(21)2)22(27)25-14-17-7-9-18(23)10-8-17/h7-10,12-13,19H,4-6,11,14H2,1-3H3,(H,25,27). The van der Waals surface area contributed by atoms with Crippen molar-refractivity contribution in [3.63, 3.8) is 0 Å². The molecule has 0 saturated carbocycles. The zero-order valence-electron chi connectivity index (χ0n) is 16.6. The molecule has 28 heavy (non-hydrogen) atoms. The third-order valence-electron chi connectivity index (χ3n) is 4.38. The number of aromatic nitrogens is 1. The number of pyridine rings is 1. The Bertz CT molecular complexity index is 806. The Morgan fingerprint density at radius 1 is 1.21 bits per heavy atom. The van der Waals surface area contributed by atoms with E-state index in [9.17, 15) is 9.59 Å². The first-order chi connectivity index (χ1) is 13.4. The van der Waals surface area contributed by atoms with Crippen molar-refractivity contribution in [2.24, 2.45) is 0 Å². The number of hydrogen-bond acceptors (Lipinski definition) is 4. The summed E-state index contributed by atoms with van der Waals surface area (Å²) in [6.45, 7) is 5.95. The van der Waals surface area contributed by atoms with Crippen LogP contribution in [0, 0.1) is 6.92 Å². The van der Waals surface area contributed by atoms with E-state index in [0.717, 1.165) is 24.0 Å². The SMILES string of the molecule is CCCC(CCC(C)=O)Oc1cc(C(=O)NCc2ccc(Cl)cc2)ncc1C. The van der Waals surface area contributed by atoms with Crippen LogP contribution in [0.3, 0.4) is 0 Å². The lowest BCUT2D eigenvalue weighted by Gasteiger charge is -2.20. The smallest absolute Gasteiger partial charge is 0.270 e. The molecule has 1 aromatic carbocycles. The fourth-order valence-corrected chi connectivity index (χ4v) is 2.89. The molecule has 1 heterocycles. The maximum absolute atomic E-state index is 12.5. The van der Waals surface area contributed by atoms with Crippen molar-refractivity contribution in [3.8, 4) is 5.75 Å². The van der Waals surface area contributed by atoms with Gasteiger partial charge in [0.05, 0.1) is 6.10 Å². The van der Waals surface area contributed by atoms with Crippen LogP contribution in [-0.2, 0) is 11.3 Å². The van der Waals surface area contributed by atoms with E-state index in [2.05, 4.69) is 17.2 Å². The zero-order chi connectivity index (χ0) is 20.5. The van der Waals surface area contributed by atoms with Crippen LogP contribution >= 0.6 is 11.6 Å². The Labute approximate surface area is 171 Å². The Morgan fingerprint density at radius 2 is 1.93 bits per heavy atom. The predicted molar refractivity (Wildman–Crippen MR) is 111 cm³/mol. The molecule has 0 aliphatic heterocycles. The van der Waals surface area contributed by atoms with Gasteiger partial charge in [0, 0.05) is 35.8 Å². The van der Waals surface area contributed by atoms with Crippen molar-refractivity contribution in [2.45, 2.75) is 59.1 Å². The highest BCUT2D eigenvalue weighted by Gasteiger charge is 2.15. The average Bonchev–Trinajstić information content (AvgIpc) is 2.67. The van der Waals surface area contributed by atoms with Crippen molar-refractivity contribution in [1.29, 1.82) is 0 Å². The van der Waals surface area contributed by atoms with Gasteiger partial charge in [0.15, 0.2) is 0 Å². The summed E-state index contributed by atoms with van der Waals surface area (Å²) in [4.78, 5) is 28.0. The number of ketones is 1. The first-order valence-electron chi connectivity index (χ1n) is 9.54. The van der Waals surface area contributed by atoms with Gasteiger partial charge < -0.3 is 14.8 Å². The molecular weight excluding hydrogens is 376 g/mol. The minimum atomic E-state index is -0.268. The quantitative estimate of drug-likeness (QED) is 0.614. The summed E-state index contributed by atoms with van der Waals surface area (Å²) >= 11 is 5.88. The van der Waals surface area contributed by atoms with E-state index < -0.39 is 0 Å². The summed E-state index contributed by atoms with van der Waals surface area (Å²) in [7, 11) is 0. The Hall–Kier alpha value is -2.40. The second-order valence-corrected chi connectivity index (χ2v) is 7.35. The number of aryl methyl sites for hydroxylation is 1. The Balaban J connectivity index is 2.04. The molecule has 1 aromatic heterocycles. The van der Waals surface area contributed by atoms with Gasteiger partial charge in [0.2, 0.25) is 0 Å². The number of nitrogens with one attached hydrogen (secondary N) is 1. The molecule has 5 nitrogen and oxygen atoms in total. The number of rotatable bonds is 10. The van der Waals surface area contributed by atoms with E-state index in [-0.39, 0.29) is 17.8 Å². The maximum Gasteiger partial charge on any atom is 0.270 e. The predicted octanol–water partition coefficient (Wildman–Crippen LogP) is 4.89. The Morgan fingerprint density at radius 3 is 2.57 bits per heavy atom. The summed E-state index contributed by atoms with van der Waals surface area (Å²) in [5, 5.41) is 3.51. The number of nitrogens with zero attached hydrogens (tertiary/aromatic N) is 1. The number of Topliss-reactive ketones (excluding diaryl/α,β-unsaturated/α-hetero) is 1. The highest BCUT2D eigenvalue weighted by atomic mass is 35.5. The summed E-state index contributed by atoms with van der Waals surface area (Å²) < 4.78 is 6.12. The number of hydrogen-bond donors (Lipinski definition) is 1. The average molecular weight is 403 g/mol. The van der Waals surface area contributed by atoms with Gasteiger partial charge in [-0.05, 0) is 44.4 Å². The van der Waals surface area contributed by atoms with E-state index in [1.54, 1.807) is 31.3 Å². The minimum Gasteiger partial charge on any atom is -0.490 e. The van der Waals surface area contributed by atoms with Crippen molar-refractivity contribution in [3.05, 3.63) is 58.4 Å². The van der Waals surface area contributed by atoms with Crippen LogP contribution in [0.15, 0.2) is 36.5 Å². The van der Waals surface area contributed by atoms with Crippen molar-refractivity contribution in [2.75, 3.05) is 0 Å². The van der Waals surface area contributed by atoms with Gasteiger partial charge in [-0.25, -0.2) is 0 Å². The number of benzene rings is 1. The molecule has 0 radical (unpaired) electrons. The second-order valence-electron chi connectivity index (χ2n) is 6.91. The fraction of sp³-hybridized carbons (Fsp3) is 0.409. The number of halogens is 1. The molecule has 0 aliphatic carbocycles. The van der Waals surface area contributed by atoms with Crippen LogP contribution in [0.4, 0.5) is 0 Å². The minimum absolute atomic E-state index is 0.0556. The van der Waals surface area contributed by atoms with Gasteiger partial charge in [-0.2, -0.15) is 0 Å². The van der Waals surface area contributed by atoms with Crippen LogP contribution in [0.1, 0.15) is 61.1 Å². The Kier molecular flexibility index (Phi) is 8.45. The number of ether oxygens (including phenoxy) is 1. The number of carbonyl (C=O) groups excluding carboxylic acids is 2. The van der Waals surface area contributed by atoms with Crippen LogP contribution < -0.4 is 10.1 Å². The third kappa shape index (κ3) is 6.97. The van der Waals surface area contributed by atoms with E-state index in [1.807, 2.05) is 19.1 Å². The number of amides is 1. The zero-order valence-corrected chi connectivity index (χ0v) is 17.4. The lowest BCUT2D eigenvalue weighted by Crippen LogP contribution is -2.24. The molecule has 0 aliphatic rings. The first kappa shape index (κ1) is 21.9. The molecule has 0 spiro atoms. The molecule has 2 aromatic rings. The molecule has 1 unspecified atom stereocenters. The molecule has 6 heteroatoms. The van der Waals surface area contributed by atoms with Crippen LogP contribution in [-0.4, -0.2) is 22.8 Å². The highest BCUT2D eigenvalue weighted by molar-refractivity contribution is 6.30. The van der Waals surface area contributed by atoms with Crippen molar-refractivity contribution in [1.82, 2.24) is 10.3 Å². The molecule has 0 saturated heterocycles.